The second-order valence-electron chi connectivity index (χ2n) is 6.73. The summed E-state index contributed by atoms with van der Waals surface area (Å²) in [6.07, 6.45) is 0. The van der Waals surface area contributed by atoms with E-state index in [-0.39, 0.29) is 18.1 Å². The van der Waals surface area contributed by atoms with Crippen molar-refractivity contribution in [1.82, 2.24) is 9.80 Å². The van der Waals surface area contributed by atoms with Gasteiger partial charge in [-0.3, -0.25) is 9.69 Å². The molecule has 0 atom stereocenters. The predicted octanol–water partition coefficient (Wildman–Crippen LogP) is 2.64. The van der Waals surface area contributed by atoms with Crippen LogP contribution in [-0.2, 0) is 16.1 Å². The van der Waals surface area contributed by atoms with Crippen LogP contribution in [0.1, 0.15) is 21.5 Å². The van der Waals surface area contributed by atoms with Crippen LogP contribution in [0.2, 0.25) is 0 Å². The van der Waals surface area contributed by atoms with E-state index >= 15 is 0 Å². The number of esters is 1. The highest BCUT2D eigenvalue weighted by molar-refractivity contribution is 5.91. The molecule has 2 aromatic carbocycles. The van der Waals surface area contributed by atoms with Gasteiger partial charge >= 0.3 is 5.97 Å². The largest absolute Gasteiger partial charge is 0.452 e. The van der Waals surface area contributed by atoms with E-state index in [1.807, 2.05) is 0 Å². The molecule has 0 spiro atoms. The number of hydrogen-bond acceptors (Lipinski definition) is 4. The van der Waals surface area contributed by atoms with E-state index in [2.05, 4.69) is 36.1 Å². The molecule has 6 heteroatoms. The summed E-state index contributed by atoms with van der Waals surface area (Å²) in [6.45, 7) is 5.36. The Balaban J connectivity index is 1.43. The molecule has 1 heterocycles. The van der Waals surface area contributed by atoms with Gasteiger partial charge in [-0.2, -0.15) is 0 Å². The van der Waals surface area contributed by atoms with Crippen LogP contribution < -0.4 is 0 Å². The van der Waals surface area contributed by atoms with Gasteiger partial charge in [0.05, 0.1) is 5.56 Å². The molecule has 1 amide bonds. The standard InChI is InChI=1S/C21H23FN2O3/c1-16-4-2-5-17(12-16)14-23-8-10-24(11-9-23)20(25)15-27-21(26)18-6-3-7-19(22)13-18/h2-7,12-13H,8-11,14-15H2,1H3. The van der Waals surface area contributed by atoms with Crippen LogP contribution >= 0.6 is 0 Å². The normalized spacial score (nSPS) is 14.8. The maximum absolute atomic E-state index is 13.1. The minimum Gasteiger partial charge on any atom is -0.452 e. The fourth-order valence-corrected chi connectivity index (χ4v) is 3.14. The minimum atomic E-state index is -0.694. The molecular formula is C21H23FN2O3. The number of halogens is 1. The number of hydrogen-bond donors (Lipinski definition) is 0. The number of ether oxygens (including phenoxy) is 1. The van der Waals surface area contributed by atoms with Crippen LogP contribution in [0.25, 0.3) is 0 Å². The fraction of sp³-hybridized carbons (Fsp3) is 0.333. The maximum atomic E-state index is 13.1. The number of carbonyl (C=O) groups is 2. The Kier molecular flexibility index (Phi) is 6.19. The molecule has 0 N–H and O–H groups in total. The van der Waals surface area contributed by atoms with Gasteiger partial charge in [0.25, 0.3) is 5.91 Å². The van der Waals surface area contributed by atoms with Gasteiger partial charge in [-0.05, 0) is 30.7 Å². The number of piperazine rings is 1. The van der Waals surface area contributed by atoms with Crippen LogP contribution in [0.15, 0.2) is 48.5 Å². The zero-order chi connectivity index (χ0) is 19.2. The van der Waals surface area contributed by atoms with Gasteiger partial charge in [0.15, 0.2) is 6.61 Å². The summed E-state index contributed by atoms with van der Waals surface area (Å²) < 4.78 is 18.2. The Morgan fingerprint density at radius 3 is 2.48 bits per heavy atom. The van der Waals surface area contributed by atoms with E-state index in [1.165, 1.54) is 29.3 Å². The first kappa shape index (κ1) is 19.0. The van der Waals surface area contributed by atoms with Crippen LogP contribution in [-0.4, -0.2) is 54.5 Å². The van der Waals surface area contributed by atoms with Crippen molar-refractivity contribution in [3.8, 4) is 0 Å². The van der Waals surface area contributed by atoms with Crippen molar-refractivity contribution < 1.29 is 18.7 Å². The monoisotopic (exact) mass is 370 g/mol. The smallest absolute Gasteiger partial charge is 0.338 e. The molecule has 3 rings (SSSR count). The molecule has 1 aliphatic heterocycles. The highest BCUT2D eigenvalue weighted by Crippen LogP contribution is 2.11. The summed E-state index contributed by atoms with van der Waals surface area (Å²) in [5.41, 5.74) is 2.60. The highest BCUT2D eigenvalue weighted by atomic mass is 19.1. The number of benzene rings is 2. The molecular weight excluding hydrogens is 347 g/mol. The number of rotatable bonds is 5. The molecule has 0 bridgehead atoms. The molecule has 0 aromatic heterocycles. The Morgan fingerprint density at radius 1 is 1.04 bits per heavy atom. The lowest BCUT2D eigenvalue weighted by molar-refractivity contribution is -0.136. The SMILES string of the molecule is Cc1cccc(CN2CCN(C(=O)COC(=O)c3cccc(F)c3)CC2)c1. The summed E-state index contributed by atoms with van der Waals surface area (Å²) in [7, 11) is 0. The number of nitrogens with zero attached hydrogens (tertiary/aromatic N) is 2. The third-order valence-corrected chi connectivity index (χ3v) is 4.60. The van der Waals surface area contributed by atoms with Gasteiger partial charge in [0.2, 0.25) is 0 Å². The van der Waals surface area contributed by atoms with Gasteiger partial charge in [0.1, 0.15) is 5.82 Å². The Bertz CT molecular complexity index is 817. The van der Waals surface area contributed by atoms with Crippen molar-refractivity contribution in [2.24, 2.45) is 0 Å². The van der Waals surface area contributed by atoms with E-state index in [0.717, 1.165) is 25.7 Å². The zero-order valence-corrected chi connectivity index (χ0v) is 15.4. The molecule has 27 heavy (non-hydrogen) atoms. The van der Waals surface area contributed by atoms with Crippen LogP contribution in [0.5, 0.6) is 0 Å². The third kappa shape index (κ3) is 5.37. The zero-order valence-electron chi connectivity index (χ0n) is 15.4. The summed E-state index contributed by atoms with van der Waals surface area (Å²) in [5, 5.41) is 0. The summed E-state index contributed by atoms with van der Waals surface area (Å²) in [6, 6.07) is 13.6. The quantitative estimate of drug-likeness (QED) is 0.760. The van der Waals surface area contributed by atoms with Crippen molar-refractivity contribution in [3.05, 3.63) is 71.0 Å². The molecule has 1 aliphatic rings. The first-order valence-corrected chi connectivity index (χ1v) is 8.99. The number of carbonyl (C=O) groups excluding carboxylic acids is 2. The van der Waals surface area contributed by atoms with Crippen LogP contribution in [0.4, 0.5) is 4.39 Å². The Hall–Kier alpha value is -2.73. The van der Waals surface area contributed by atoms with E-state index in [0.29, 0.717) is 13.1 Å². The molecule has 5 nitrogen and oxygen atoms in total. The predicted molar refractivity (Wildman–Crippen MR) is 99.7 cm³/mol. The minimum absolute atomic E-state index is 0.103. The molecule has 1 saturated heterocycles. The lowest BCUT2D eigenvalue weighted by Gasteiger charge is -2.34. The van der Waals surface area contributed by atoms with Gasteiger partial charge < -0.3 is 9.64 Å². The number of aryl methyl sites for hydroxylation is 1. The lowest BCUT2D eigenvalue weighted by atomic mass is 10.1. The molecule has 0 saturated carbocycles. The van der Waals surface area contributed by atoms with E-state index in [1.54, 1.807) is 4.90 Å². The van der Waals surface area contributed by atoms with Gasteiger partial charge in [-0.15, -0.1) is 0 Å². The second kappa shape index (κ2) is 8.77. The average molecular weight is 370 g/mol. The van der Waals surface area contributed by atoms with Crippen molar-refractivity contribution in [1.29, 1.82) is 0 Å². The topological polar surface area (TPSA) is 49.9 Å². The fourth-order valence-electron chi connectivity index (χ4n) is 3.14. The lowest BCUT2D eigenvalue weighted by Crippen LogP contribution is -2.49. The average Bonchev–Trinajstić information content (AvgIpc) is 2.66. The van der Waals surface area contributed by atoms with E-state index < -0.39 is 11.8 Å². The van der Waals surface area contributed by atoms with Crippen molar-refractivity contribution in [3.63, 3.8) is 0 Å². The molecule has 142 valence electrons. The molecule has 2 aromatic rings. The summed E-state index contributed by atoms with van der Waals surface area (Å²) in [5.74, 6) is -1.43. The first-order chi connectivity index (χ1) is 13.0. The van der Waals surface area contributed by atoms with Crippen molar-refractivity contribution in [2.75, 3.05) is 32.8 Å². The second-order valence-corrected chi connectivity index (χ2v) is 6.73. The molecule has 0 unspecified atom stereocenters. The molecule has 1 fully saturated rings. The van der Waals surface area contributed by atoms with E-state index in [9.17, 15) is 14.0 Å². The third-order valence-electron chi connectivity index (χ3n) is 4.60. The number of amides is 1. The van der Waals surface area contributed by atoms with Crippen molar-refractivity contribution in [2.45, 2.75) is 13.5 Å². The van der Waals surface area contributed by atoms with Gasteiger partial charge in [-0.25, -0.2) is 9.18 Å². The van der Waals surface area contributed by atoms with Gasteiger partial charge in [0, 0.05) is 32.7 Å². The van der Waals surface area contributed by atoms with Gasteiger partial charge in [-0.1, -0.05) is 35.9 Å². The Morgan fingerprint density at radius 2 is 1.78 bits per heavy atom. The van der Waals surface area contributed by atoms with Crippen LogP contribution in [0, 0.1) is 12.7 Å². The first-order valence-electron chi connectivity index (χ1n) is 8.99. The molecule has 0 radical (unpaired) electrons. The Labute approximate surface area is 158 Å². The summed E-state index contributed by atoms with van der Waals surface area (Å²) >= 11 is 0. The molecule has 0 aliphatic carbocycles. The van der Waals surface area contributed by atoms with Crippen LogP contribution in [0.3, 0.4) is 0 Å². The van der Waals surface area contributed by atoms with E-state index in [4.69, 9.17) is 4.74 Å². The highest BCUT2D eigenvalue weighted by Gasteiger charge is 2.22. The summed E-state index contributed by atoms with van der Waals surface area (Å²) in [4.78, 5) is 28.2. The van der Waals surface area contributed by atoms with Crippen molar-refractivity contribution >= 4 is 11.9 Å². The maximum Gasteiger partial charge on any atom is 0.338 e.